The number of fused-ring (bicyclic) bond motifs is 1. The Hall–Kier alpha value is -1.99. The molecular weight excluding hydrogens is 320 g/mol. The Labute approximate surface area is 136 Å². The maximum Gasteiger partial charge on any atom is 0.226 e. The van der Waals surface area contributed by atoms with Gasteiger partial charge in [-0.3, -0.25) is 4.31 Å². The molecule has 0 radical (unpaired) electrons. The highest BCUT2D eigenvalue weighted by Gasteiger charge is 2.36. The maximum atomic E-state index is 6.13. The molecule has 0 unspecified atom stereocenters. The molecule has 0 bridgehead atoms. The van der Waals surface area contributed by atoms with Gasteiger partial charge in [0.1, 0.15) is 0 Å². The summed E-state index contributed by atoms with van der Waals surface area (Å²) in [6.07, 6.45) is 2.83. The first-order valence-electron chi connectivity index (χ1n) is 6.94. The predicted molar refractivity (Wildman–Crippen MR) is 88.5 cm³/mol. The van der Waals surface area contributed by atoms with Gasteiger partial charge in [0.05, 0.1) is 29.8 Å². The Morgan fingerprint density at radius 1 is 1.27 bits per heavy atom. The summed E-state index contributed by atoms with van der Waals surface area (Å²) in [6, 6.07) is 6.39. The molecule has 22 heavy (non-hydrogen) atoms. The van der Waals surface area contributed by atoms with Crippen molar-refractivity contribution in [1.29, 1.82) is 0 Å². The number of hydrogen-bond donors (Lipinski definition) is 0. The lowest BCUT2D eigenvalue weighted by Crippen LogP contribution is -2.13. The van der Waals surface area contributed by atoms with Crippen molar-refractivity contribution in [2.75, 3.05) is 15.2 Å². The van der Waals surface area contributed by atoms with Crippen LogP contribution in [-0.2, 0) is 13.5 Å². The van der Waals surface area contributed by atoms with Crippen molar-refractivity contribution in [1.82, 2.24) is 19.5 Å². The third kappa shape index (κ3) is 1.55. The molecule has 0 aliphatic carbocycles. The fourth-order valence-corrected chi connectivity index (χ4v) is 4.31. The van der Waals surface area contributed by atoms with Crippen LogP contribution in [0.15, 0.2) is 24.5 Å². The Morgan fingerprint density at radius 3 is 3.09 bits per heavy atom. The van der Waals surface area contributed by atoms with Crippen LogP contribution in [0, 0.1) is 0 Å². The normalized spacial score (nSPS) is 15.9. The van der Waals surface area contributed by atoms with Crippen LogP contribution in [0.25, 0.3) is 11.2 Å². The van der Waals surface area contributed by atoms with E-state index in [-0.39, 0.29) is 5.28 Å². The van der Waals surface area contributed by atoms with Crippen LogP contribution in [-0.4, -0.2) is 26.1 Å². The fourth-order valence-electron chi connectivity index (χ4n) is 3.05. The number of aromatic nitrogens is 4. The number of anilines is 3. The second-order valence-electron chi connectivity index (χ2n) is 5.36. The van der Waals surface area contributed by atoms with Crippen molar-refractivity contribution in [3.8, 4) is 0 Å². The van der Waals surface area contributed by atoms with Gasteiger partial charge in [-0.2, -0.15) is 9.97 Å². The van der Waals surface area contributed by atoms with Crippen molar-refractivity contribution >= 4 is 52.1 Å². The van der Waals surface area contributed by atoms with Gasteiger partial charge in [0.2, 0.25) is 5.28 Å². The second-order valence-corrected chi connectivity index (χ2v) is 6.66. The summed E-state index contributed by atoms with van der Waals surface area (Å²) in [4.78, 5) is 13.2. The smallest absolute Gasteiger partial charge is 0.226 e. The van der Waals surface area contributed by atoms with E-state index in [0.717, 1.165) is 35.6 Å². The maximum absolute atomic E-state index is 6.13. The summed E-state index contributed by atoms with van der Waals surface area (Å²) in [5, 5.41) is 0.236. The van der Waals surface area contributed by atoms with Gasteiger partial charge >= 0.3 is 0 Å². The van der Waals surface area contributed by atoms with E-state index in [0.29, 0.717) is 0 Å². The number of hydrogen-bond acceptors (Lipinski definition) is 6. The van der Waals surface area contributed by atoms with E-state index < -0.39 is 0 Å². The first kappa shape index (κ1) is 12.5. The van der Waals surface area contributed by atoms with E-state index in [9.17, 15) is 0 Å². The number of imidazole rings is 1. The van der Waals surface area contributed by atoms with Crippen molar-refractivity contribution in [2.45, 2.75) is 6.42 Å². The van der Waals surface area contributed by atoms with Gasteiger partial charge in [0.25, 0.3) is 0 Å². The van der Waals surface area contributed by atoms with Crippen molar-refractivity contribution < 1.29 is 0 Å². The van der Waals surface area contributed by atoms with Gasteiger partial charge in [-0.1, -0.05) is 12.1 Å². The minimum Gasteiger partial charge on any atom is -0.318 e. The van der Waals surface area contributed by atoms with Gasteiger partial charge in [0, 0.05) is 13.6 Å². The molecule has 110 valence electrons. The van der Waals surface area contributed by atoms with Crippen molar-refractivity contribution in [2.24, 2.45) is 7.05 Å². The van der Waals surface area contributed by atoms with E-state index in [1.807, 2.05) is 11.6 Å². The van der Waals surface area contributed by atoms with E-state index in [1.54, 1.807) is 18.5 Å². The van der Waals surface area contributed by atoms with Crippen LogP contribution >= 0.6 is 23.7 Å². The summed E-state index contributed by atoms with van der Waals surface area (Å²) in [5.74, 6) is 0.739. The molecule has 0 N–H and O–H groups in total. The Morgan fingerprint density at radius 2 is 2.18 bits per heavy atom. The van der Waals surface area contributed by atoms with Crippen molar-refractivity contribution in [3.05, 3.63) is 35.4 Å². The van der Waals surface area contributed by atoms with Gasteiger partial charge in [-0.25, -0.2) is 9.29 Å². The average Bonchev–Trinajstić information content (AvgIpc) is 3.19. The summed E-state index contributed by atoms with van der Waals surface area (Å²) >= 11 is 7.77. The van der Waals surface area contributed by atoms with Gasteiger partial charge in [-0.05, 0) is 29.7 Å². The highest BCUT2D eigenvalue weighted by Crippen LogP contribution is 2.53. The van der Waals surface area contributed by atoms with E-state index in [4.69, 9.17) is 11.6 Å². The second kappa shape index (κ2) is 4.27. The number of rotatable bonds is 1. The number of aryl methyl sites for hydroxylation is 1. The number of para-hydroxylation sites is 1. The van der Waals surface area contributed by atoms with E-state index >= 15 is 0 Å². The lowest BCUT2D eigenvalue weighted by atomic mass is 10.1. The van der Waals surface area contributed by atoms with Crippen LogP contribution in [0.1, 0.15) is 5.56 Å². The molecule has 6 nitrogen and oxygen atoms in total. The molecule has 8 heteroatoms. The van der Waals surface area contributed by atoms with Crippen LogP contribution < -0.4 is 8.61 Å². The summed E-state index contributed by atoms with van der Waals surface area (Å²) in [7, 11) is 1.90. The summed E-state index contributed by atoms with van der Waals surface area (Å²) in [6.45, 7) is 1.01. The zero-order chi connectivity index (χ0) is 14.8. The quantitative estimate of drug-likeness (QED) is 0.505. The van der Waals surface area contributed by atoms with Gasteiger partial charge in [0.15, 0.2) is 17.0 Å². The number of benzene rings is 1. The SMILES string of the molecule is Cn1cnc2c(N3SN4CCc5cccc3c54)nc(Cl)nc21. The van der Waals surface area contributed by atoms with Crippen LogP contribution in [0.2, 0.25) is 5.28 Å². The third-order valence-electron chi connectivity index (χ3n) is 4.04. The minimum absolute atomic E-state index is 0.236. The molecule has 0 spiro atoms. The topological polar surface area (TPSA) is 50.1 Å². The molecule has 2 aromatic heterocycles. The number of nitrogens with zero attached hydrogens (tertiary/aromatic N) is 6. The molecular formula is C14H11ClN6S. The number of halogens is 1. The monoisotopic (exact) mass is 330 g/mol. The molecule has 0 saturated carbocycles. The highest BCUT2D eigenvalue weighted by atomic mass is 35.5. The van der Waals surface area contributed by atoms with Crippen LogP contribution in [0.3, 0.4) is 0 Å². The molecule has 0 saturated heterocycles. The van der Waals surface area contributed by atoms with E-state index in [2.05, 4.69) is 41.8 Å². The van der Waals surface area contributed by atoms with Crippen LogP contribution in [0.4, 0.5) is 17.2 Å². The first-order chi connectivity index (χ1) is 10.7. The summed E-state index contributed by atoms with van der Waals surface area (Å²) < 4.78 is 6.25. The van der Waals surface area contributed by atoms with E-state index in [1.165, 1.54) is 11.3 Å². The molecule has 2 aliphatic heterocycles. The molecule has 5 rings (SSSR count). The molecule has 2 aliphatic rings. The van der Waals surface area contributed by atoms with Crippen molar-refractivity contribution in [3.63, 3.8) is 0 Å². The lowest BCUT2D eigenvalue weighted by Gasteiger charge is -2.17. The third-order valence-corrected chi connectivity index (χ3v) is 5.30. The molecule has 3 aromatic rings. The first-order valence-corrected chi connectivity index (χ1v) is 8.05. The van der Waals surface area contributed by atoms with Crippen LogP contribution in [0.5, 0.6) is 0 Å². The Bertz CT molecular complexity index is 923. The molecule has 4 heterocycles. The molecule has 0 atom stereocenters. The molecule has 1 aromatic carbocycles. The molecule has 0 amide bonds. The fraction of sp³-hybridized carbons (Fsp3) is 0.214. The minimum atomic E-state index is 0.236. The standard InChI is InChI=1S/C14H11ClN6S/c1-19-7-16-10-12(19)17-14(15)18-13(10)21-9-4-2-3-8-5-6-20(22-21)11(8)9/h2-4,7H,5-6H2,1H3. The zero-order valence-electron chi connectivity index (χ0n) is 11.7. The Kier molecular flexibility index (Phi) is 2.43. The highest BCUT2D eigenvalue weighted by molar-refractivity contribution is 8.02. The predicted octanol–water partition coefficient (Wildman–Crippen LogP) is 3.09. The molecule has 0 fully saturated rings. The summed E-state index contributed by atoms with van der Waals surface area (Å²) in [5.41, 5.74) is 5.31. The largest absolute Gasteiger partial charge is 0.318 e. The average molecular weight is 331 g/mol. The lowest BCUT2D eigenvalue weighted by molar-refractivity contribution is 0.928. The van der Waals surface area contributed by atoms with Gasteiger partial charge in [-0.15, -0.1) is 0 Å². The Balaban J connectivity index is 1.76. The zero-order valence-corrected chi connectivity index (χ0v) is 13.3. The van der Waals surface area contributed by atoms with Gasteiger partial charge < -0.3 is 4.57 Å².